The van der Waals surface area contributed by atoms with Gasteiger partial charge in [0.1, 0.15) is 0 Å². The molecule has 1 atom stereocenters. The first-order chi connectivity index (χ1) is 9.81. The molecule has 1 N–H and O–H groups in total. The maximum atomic E-state index is 12.0. The van der Waals surface area contributed by atoms with E-state index in [-0.39, 0.29) is 18.2 Å². The minimum atomic E-state index is 0.0425. The Morgan fingerprint density at radius 3 is 2.60 bits per heavy atom. The molecule has 0 spiro atoms. The summed E-state index contributed by atoms with van der Waals surface area (Å²) < 4.78 is 16.4. The average molecular weight is 284 g/mol. The van der Waals surface area contributed by atoms with Gasteiger partial charge in [-0.15, -0.1) is 0 Å². The zero-order chi connectivity index (χ0) is 13.8. The first kappa shape index (κ1) is 14.1. The number of amides is 2. The van der Waals surface area contributed by atoms with Crippen LogP contribution in [-0.4, -0.2) is 69.2 Å². The van der Waals surface area contributed by atoms with Crippen LogP contribution in [0.5, 0.6) is 0 Å². The van der Waals surface area contributed by atoms with Gasteiger partial charge in [0.25, 0.3) is 0 Å². The molecular weight excluding hydrogens is 260 g/mol. The van der Waals surface area contributed by atoms with E-state index in [9.17, 15) is 4.79 Å². The van der Waals surface area contributed by atoms with Gasteiger partial charge in [0.05, 0.1) is 32.4 Å². The van der Waals surface area contributed by atoms with E-state index in [1.807, 2.05) is 4.90 Å². The highest BCUT2D eigenvalue weighted by Gasteiger charge is 2.33. The fraction of sp³-hybridized carbons (Fsp3) is 0.929. The lowest BCUT2D eigenvalue weighted by molar-refractivity contribution is -0.0495. The minimum absolute atomic E-state index is 0.0425. The summed E-state index contributed by atoms with van der Waals surface area (Å²) in [5, 5.41) is 3.07. The van der Waals surface area contributed by atoms with E-state index in [4.69, 9.17) is 14.2 Å². The van der Waals surface area contributed by atoms with Gasteiger partial charge in [0.15, 0.2) is 0 Å². The van der Waals surface area contributed by atoms with Gasteiger partial charge >= 0.3 is 6.03 Å². The molecule has 6 nitrogen and oxygen atoms in total. The Morgan fingerprint density at radius 1 is 1.15 bits per heavy atom. The summed E-state index contributed by atoms with van der Waals surface area (Å²) in [4.78, 5) is 13.8. The van der Waals surface area contributed by atoms with Crippen molar-refractivity contribution in [3.05, 3.63) is 0 Å². The number of likely N-dealkylation sites (tertiary alicyclic amines) is 1. The summed E-state index contributed by atoms with van der Waals surface area (Å²) in [6.07, 6.45) is 3.14. The third kappa shape index (κ3) is 3.62. The van der Waals surface area contributed by atoms with Gasteiger partial charge in [-0.1, -0.05) is 0 Å². The van der Waals surface area contributed by atoms with Gasteiger partial charge < -0.3 is 24.4 Å². The van der Waals surface area contributed by atoms with E-state index in [0.29, 0.717) is 19.0 Å². The predicted octanol–water partition coefficient (Wildman–Crippen LogP) is 0.612. The fourth-order valence-corrected chi connectivity index (χ4v) is 2.80. The Bertz CT molecular complexity index is 321. The van der Waals surface area contributed by atoms with Gasteiger partial charge in [0.2, 0.25) is 0 Å². The van der Waals surface area contributed by atoms with Crippen molar-refractivity contribution in [2.45, 2.75) is 31.4 Å². The van der Waals surface area contributed by atoms with Gasteiger partial charge in [-0.25, -0.2) is 4.79 Å². The summed E-state index contributed by atoms with van der Waals surface area (Å²) >= 11 is 0. The third-order valence-electron chi connectivity index (χ3n) is 4.28. The SMILES string of the molecule is O=C(NC1CCOCC1)N1CC(OCC2CCOC2)C1. The first-order valence-electron chi connectivity index (χ1n) is 7.64. The third-order valence-corrected chi connectivity index (χ3v) is 4.28. The highest BCUT2D eigenvalue weighted by atomic mass is 16.5. The van der Waals surface area contributed by atoms with E-state index in [1.165, 1.54) is 0 Å². The van der Waals surface area contributed by atoms with Crippen LogP contribution in [0.1, 0.15) is 19.3 Å². The maximum Gasteiger partial charge on any atom is 0.317 e. The predicted molar refractivity (Wildman–Crippen MR) is 72.6 cm³/mol. The van der Waals surface area contributed by atoms with Crippen LogP contribution in [0.3, 0.4) is 0 Å². The largest absolute Gasteiger partial charge is 0.381 e. The Balaban J connectivity index is 1.29. The summed E-state index contributed by atoms with van der Waals surface area (Å²) in [5.74, 6) is 0.542. The Labute approximate surface area is 119 Å². The van der Waals surface area contributed by atoms with Crippen LogP contribution in [0, 0.1) is 5.92 Å². The molecule has 0 bridgehead atoms. The summed E-state index contributed by atoms with van der Waals surface area (Å²) in [5.41, 5.74) is 0. The number of hydrogen-bond acceptors (Lipinski definition) is 4. The Hall–Kier alpha value is -0.850. The van der Waals surface area contributed by atoms with Crippen LogP contribution < -0.4 is 5.32 Å². The second-order valence-corrected chi connectivity index (χ2v) is 5.93. The topological polar surface area (TPSA) is 60.0 Å². The van der Waals surface area contributed by atoms with E-state index in [1.54, 1.807) is 0 Å². The fourth-order valence-electron chi connectivity index (χ4n) is 2.80. The van der Waals surface area contributed by atoms with Gasteiger partial charge in [-0.2, -0.15) is 0 Å². The summed E-state index contributed by atoms with van der Waals surface area (Å²) in [6, 6.07) is 0.313. The molecule has 3 aliphatic heterocycles. The van der Waals surface area contributed by atoms with Crippen molar-refractivity contribution in [3.63, 3.8) is 0 Å². The van der Waals surface area contributed by atoms with Crippen LogP contribution in [-0.2, 0) is 14.2 Å². The molecule has 1 unspecified atom stereocenters. The van der Waals surface area contributed by atoms with E-state index < -0.39 is 0 Å². The number of carbonyl (C=O) groups is 1. The summed E-state index contributed by atoms with van der Waals surface area (Å²) in [6.45, 7) is 5.37. The maximum absolute atomic E-state index is 12.0. The molecule has 3 saturated heterocycles. The monoisotopic (exact) mass is 284 g/mol. The van der Waals surface area contributed by atoms with Gasteiger partial charge in [-0.3, -0.25) is 0 Å². The van der Waals surface area contributed by atoms with Crippen molar-refractivity contribution in [3.8, 4) is 0 Å². The smallest absolute Gasteiger partial charge is 0.317 e. The lowest BCUT2D eigenvalue weighted by atomic mass is 10.1. The second kappa shape index (κ2) is 6.74. The van der Waals surface area contributed by atoms with Gasteiger partial charge in [0, 0.05) is 31.8 Å². The van der Waals surface area contributed by atoms with Crippen molar-refractivity contribution in [1.29, 1.82) is 0 Å². The van der Waals surface area contributed by atoms with Crippen molar-refractivity contribution in [1.82, 2.24) is 10.2 Å². The highest BCUT2D eigenvalue weighted by molar-refractivity contribution is 5.75. The van der Waals surface area contributed by atoms with Crippen LogP contribution in [0.2, 0.25) is 0 Å². The molecule has 3 aliphatic rings. The standard InChI is InChI=1S/C14H24N2O4/c17-14(15-12-2-5-18-6-3-12)16-7-13(8-16)20-10-11-1-4-19-9-11/h11-13H,1-10H2,(H,15,17). The second-order valence-electron chi connectivity index (χ2n) is 5.93. The first-order valence-corrected chi connectivity index (χ1v) is 7.64. The average Bonchev–Trinajstić information content (AvgIpc) is 2.91. The number of hydrogen-bond donors (Lipinski definition) is 1. The van der Waals surface area contributed by atoms with Gasteiger partial charge in [-0.05, 0) is 19.3 Å². The van der Waals surface area contributed by atoms with Crippen LogP contribution in [0.4, 0.5) is 4.79 Å². The van der Waals surface area contributed by atoms with Crippen molar-refractivity contribution in [2.24, 2.45) is 5.92 Å². The highest BCUT2D eigenvalue weighted by Crippen LogP contribution is 2.17. The lowest BCUT2D eigenvalue weighted by Gasteiger charge is -2.40. The lowest BCUT2D eigenvalue weighted by Crippen LogP contribution is -2.59. The molecule has 20 heavy (non-hydrogen) atoms. The molecule has 3 rings (SSSR count). The molecule has 0 radical (unpaired) electrons. The quantitative estimate of drug-likeness (QED) is 0.822. The van der Waals surface area contributed by atoms with Crippen molar-refractivity contribution in [2.75, 3.05) is 46.1 Å². The molecule has 0 aromatic carbocycles. The van der Waals surface area contributed by atoms with E-state index in [2.05, 4.69) is 5.32 Å². The number of urea groups is 1. The summed E-state index contributed by atoms with van der Waals surface area (Å²) in [7, 11) is 0. The van der Waals surface area contributed by atoms with Crippen molar-refractivity contribution >= 4 is 6.03 Å². The van der Waals surface area contributed by atoms with E-state index in [0.717, 1.165) is 52.3 Å². The minimum Gasteiger partial charge on any atom is -0.381 e. The van der Waals surface area contributed by atoms with Crippen molar-refractivity contribution < 1.29 is 19.0 Å². The molecule has 0 saturated carbocycles. The Kier molecular flexibility index (Phi) is 4.75. The Morgan fingerprint density at radius 2 is 1.90 bits per heavy atom. The molecule has 0 aliphatic carbocycles. The molecule has 3 fully saturated rings. The molecule has 0 aromatic heterocycles. The molecule has 0 aromatic rings. The molecular formula is C14H24N2O4. The number of nitrogens with zero attached hydrogens (tertiary/aromatic N) is 1. The zero-order valence-electron chi connectivity index (χ0n) is 11.9. The normalized spacial score (nSPS) is 28.4. The molecule has 114 valence electrons. The van der Waals surface area contributed by atoms with E-state index >= 15 is 0 Å². The van der Waals surface area contributed by atoms with Crippen LogP contribution in [0.15, 0.2) is 0 Å². The number of ether oxygens (including phenoxy) is 3. The molecule has 6 heteroatoms. The van der Waals surface area contributed by atoms with Crippen LogP contribution >= 0.6 is 0 Å². The molecule has 2 amide bonds. The van der Waals surface area contributed by atoms with Crippen LogP contribution in [0.25, 0.3) is 0 Å². The number of rotatable bonds is 4. The zero-order valence-corrected chi connectivity index (χ0v) is 11.9. The number of nitrogens with one attached hydrogen (secondary N) is 1. The molecule has 3 heterocycles. The number of carbonyl (C=O) groups excluding carboxylic acids is 1.